The maximum Gasteiger partial charge on any atom is 0.268 e. The first-order valence-corrected chi connectivity index (χ1v) is 47.0. The van der Waals surface area contributed by atoms with E-state index in [-0.39, 0.29) is 172 Å². The monoisotopic (exact) mass is 1970 g/mol. The first kappa shape index (κ1) is 98.0. The van der Waals surface area contributed by atoms with E-state index in [9.17, 15) is 90.5 Å². The summed E-state index contributed by atoms with van der Waals surface area (Å²) in [6.45, 7) is 27.5. The van der Waals surface area contributed by atoms with Gasteiger partial charge in [0.15, 0.2) is 34.4 Å². The molecule has 0 bridgehead atoms. The lowest BCUT2D eigenvalue weighted by atomic mass is 9.92. The molecular formula is C111H64F11N9O9S3. The van der Waals surface area contributed by atoms with Crippen molar-refractivity contribution in [3.05, 3.63) is 429 Å². The van der Waals surface area contributed by atoms with Gasteiger partial charge in [-0.05, 0) is 176 Å². The fraction of sp³-hybridized carbons (Fsp3) is 0.0541. The number of aromatic nitrogens is 3. The van der Waals surface area contributed by atoms with Crippen LogP contribution in [0.25, 0.3) is 148 Å². The minimum absolute atomic E-state index is 0.0231. The van der Waals surface area contributed by atoms with Crippen LogP contribution in [0, 0.1) is 82.8 Å². The zero-order chi connectivity index (χ0) is 102. The molecule has 0 saturated heterocycles. The summed E-state index contributed by atoms with van der Waals surface area (Å²) >= 11 is 0. The van der Waals surface area contributed by atoms with Gasteiger partial charge in [-0.3, -0.25) is 14.4 Å². The third-order valence-corrected chi connectivity index (χ3v) is 28.9. The quantitative estimate of drug-likeness (QED) is 0.0370. The number of para-hydroxylation sites is 1. The largest absolute Gasteiger partial charge is 0.295 e. The Labute approximate surface area is 810 Å². The van der Waals surface area contributed by atoms with Crippen molar-refractivity contribution in [2.75, 3.05) is 0 Å². The van der Waals surface area contributed by atoms with Crippen molar-refractivity contribution in [2.24, 2.45) is 0 Å². The van der Waals surface area contributed by atoms with Gasteiger partial charge in [-0.25, -0.2) is 100 Å². The first-order chi connectivity index (χ1) is 68.5. The number of Topliss-reactive ketones (excluding diaryl/α,β-unsaturated/α-hetero) is 3. The van der Waals surface area contributed by atoms with Crippen molar-refractivity contribution >= 4 is 97.2 Å². The SMILES string of the molecule is [C-]#[N+]c1cccc(C#N)c1-c1c(-c2cccc(-c3c(F)cc(C(C)=O)cc3F)c2)n(S(=O)(=O)c2ccc(C(F)F)cc2)c2ccc(F)cc12.[C-]#[N+]c1cccc(C#N)c1-c1c(-c2cccc(-c3ccc(C(C)=O)cc3)c2)n(S(=O)(=O)c2ccc(C(F)F)cc2)c2ccc(F)cc12.[C-]#[N+]c1cccc(C#N)c1-c1c(-c2cccc(-c3ccc(C(C)=O)cc3F)c2)n(S(=O)(=O)c2ccc(C(F)F)cc2)c2ccccc12. The smallest absolute Gasteiger partial charge is 0.268 e. The third kappa shape index (κ3) is 18.5. The number of nitrogens with zero attached hydrogens (tertiary/aromatic N) is 9. The van der Waals surface area contributed by atoms with E-state index in [1.54, 1.807) is 103 Å². The molecule has 0 saturated carbocycles. The van der Waals surface area contributed by atoms with E-state index in [1.807, 2.05) is 6.07 Å². The van der Waals surface area contributed by atoms with Gasteiger partial charge in [-0.15, -0.1) is 0 Å². The molecule has 3 aromatic heterocycles. The molecule has 18 nitrogen and oxygen atoms in total. The maximum atomic E-state index is 15.4. The highest BCUT2D eigenvalue weighted by Gasteiger charge is 2.37. The van der Waals surface area contributed by atoms with E-state index in [0.717, 1.165) is 140 Å². The van der Waals surface area contributed by atoms with Crippen LogP contribution in [-0.4, -0.2) is 54.5 Å². The Bertz CT molecular complexity index is 8880. The molecule has 0 aliphatic heterocycles. The van der Waals surface area contributed by atoms with Crippen molar-refractivity contribution in [1.29, 1.82) is 15.8 Å². The second-order valence-electron chi connectivity index (χ2n) is 32.2. The van der Waals surface area contributed by atoms with Gasteiger partial charge < -0.3 is 0 Å². The molecule has 15 aromatic carbocycles. The molecule has 0 N–H and O–H groups in total. The summed E-state index contributed by atoms with van der Waals surface area (Å²) in [5.41, 5.74) is 2.33. The number of carbonyl (C=O) groups is 3. The summed E-state index contributed by atoms with van der Waals surface area (Å²) < 4.78 is 246. The van der Waals surface area contributed by atoms with Gasteiger partial charge in [0.25, 0.3) is 49.3 Å². The topological polar surface area (TPSA) is 253 Å². The molecule has 3 heterocycles. The van der Waals surface area contributed by atoms with E-state index in [2.05, 4.69) is 26.7 Å². The number of ketones is 3. The maximum absolute atomic E-state index is 15.4. The molecule has 0 amide bonds. The van der Waals surface area contributed by atoms with Gasteiger partial charge in [0, 0.05) is 122 Å². The summed E-state index contributed by atoms with van der Waals surface area (Å²) in [6.07, 6.45) is -8.49. The second kappa shape index (κ2) is 39.8. The number of rotatable bonds is 21. The van der Waals surface area contributed by atoms with E-state index >= 15 is 13.2 Å². The number of halogens is 11. The molecule has 0 spiro atoms. The Morgan fingerprint density at radius 2 is 0.615 bits per heavy atom. The van der Waals surface area contributed by atoms with Crippen molar-refractivity contribution in [3.8, 4) is 119 Å². The molecule has 702 valence electrons. The highest BCUT2D eigenvalue weighted by atomic mass is 32.2. The molecule has 18 rings (SSSR count). The first-order valence-electron chi connectivity index (χ1n) is 42.7. The Morgan fingerprint density at radius 1 is 0.294 bits per heavy atom. The predicted octanol–water partition coefficient (Wildman–Crippen LogP) is 29.0. The fourth-order valence-corrected chi connectivity index (χ4v) is 21.7. The van der Waals surface area contributed by atoms with Gasteiger partial charge in [0.05, 0.1) is 91.8 Å². The predicted molar refractivity (Wildman–Crippen MR) is 519 cm³/mol. The molecule has 0 radical (unpaired) electrons. The van der Waals surface area contributed by atoms with Crippen molar-refractivity contribution < 1.29 is 87.9 Å². The summed E-state index contributed by atoms with van der Waals surface area (Å²) in [4.78, 5) is 45.3. The molecular weight excluding hydrogens is 1910 g/mol. The lowest BCUT2D eigenvalue weighted by Crippen LogP contribution is -2.14. The number of hydrogen-bond acceptors (Lipinski definition) is 12. The highest BCUT2D eigenvalue weighted by Crippen LogP contribution is 2.53. The summed E-state index contributed by atoms with van der Waals surface area (Å²) in [7, 11) is -13.8. The average Bonchev–Trinajstić information content (AvgIpc) is 1.56. The molecule has 18 aromatic rings. The zero-order valence-corrected chi connectivity index (χ0v) is 76.8. The van der Waals surface area contributed by atoms with Gasteiger partial charge in [-0.2, -0.15) is 15.8 Å². The van der Waals surface area contributed by atoms with Crippen molar-refractivity contribution in [3.63, 3.8) is 0 Å². The minimum atomic E-state index is -4.73. The number of carbonyl (C=O) groups excluding carboxylic acids is 3. The molecule has 0 fully saturated rings. The van der Waals surface area contributed by atoms with E-state index in [0.29, 0.717) is 33.2 Å². The van der Waals surface area contributed by atoms with E-state index in [1.165, 1.54) is 111 Å². The van der Waals surface area contributed by atoms with E-state index in [4.69, 9.17) is 19.7 Å². The lowest BCUT2D eigenvalue weighted by molar-refractivity contribution is 0.100. The molecule has 143 heavy (non-hydrogen) atoms. The Balaban J connectivity index is 0.000000154. The Morgan fingerprint density at radius 3 is 0.979 bits per heavy atom. The molecule has 0 aliphatic carbocycles. The lowest BCUT2D eigenvalue weighted by Gasteiger charge is -2.16. The number of nitriles is 3. The highest BCUT2D eigenvalue weighted by molar-refractivity contribution is 7.91. The minimum Gasteiger partial charge on any atom is -0.295 e. The third-order valence-electron chi connectivity index (χ3n) is 23.7. The molecule has 0 unspecified atom stereocenters. The van der Waals surface area contributed by atoms with Gasteiger partial charge in [-0.1, -0.05) is 182 Å². The summed E-state index contributed by atoms with van der Waals surface area (Å²) in [6, 6.07) is 76.7. The molecule has 0 atom stereocenters. The van der Waals surface area contributed by atoms with Crippen LogP contribution in [0.15, 0.2) is 330 Å². The number of fused-ring (bicyclic) bond motifs is 3. The van der Waals surface area contributed by atoms with Gasteiger partial charge >= 0.3 is 0 Å². The molecule has 32 heteroatoms. The Kier molecular flexibility index (Phi) is 27.3. The number of alkyl halides is 6. The van der Waals surface area contributed by atoms with Crippen LogP contribution in [0.3, 0.4) is 0 Å². The normalized spacial score (nSPS) is 11.4. The zero-order valence-electron chi connectivity index (χ0n) is 74.3. The van der Waals surface area contributed by atoms with Gasteiger partial charge in [0.2, 0.25) is 0 Å². The van der Waals surface area contributed by atoms with Crippen LogP contribution in [0.1, 0.15) is 105 Å². The fourth-order valence-electron chi connectivity index (χ4n) is 17.0. The van der Waals surface area contributed by atoms with Crippen molar-refractivity contribution in [2.45, 2.75) is 54.7 Å². The Hall–Kier alpha value is -18.1. The van der Waals surface area contributed by atoms with Crippen molar-refractivity contribution in [1.82, 2.24) is 11.9 Å². The number of benzene rings is 15. The summed E-state index contributed by atoms with van der Waals surface area (Å²) in [5, 5.41) is 30.9. The average molecular weight is 1970 g/mol. The van der Waals surface area contributed by atoms with Crippen LogP contribution < -0.4 is 0 Å². The van der Waals surface area contributed by atoms with Crippen LogP contribution >= 0.6 is 0 Å². The van der Waals surface area contributed by atoms with Crippen LogP contribution in [-0.2, 0) is 30.1 Å². The van der Waals surface area contributed by atoms with Crippen LogP contribution in [0.5, 0.6) is 0 Å². The number of hydrogen-bond donors (Lipinski definition) is 0. The van der Waals surface area contributed by atoms with Crippen LogP contribution in [0.4, 0.5) is 65.4 Å². The molecule has 0 aliphatic rings. The van der Waals surface area contributed by atoms with Gasteiger partial charge in [0.1, 0.15) is 29.1 Å². The van der Waals surface area contributed by atoms with Crippen LogP contribution in [0.2, 0.25) is 0 Å². The van der Waals surface area contributed by atoms with E-state index < -0.39 is 100 Å². The standard InChI is InChI=1S/C37H20F5N3O3S.2C37H22F3N3O3S/c1-20(46)25-16-29(39)33(30(40)17-25)22-5-3-6-23(15-22)36-35(34-24(19-43)7-4-8-31(34)44-2)28-18-26(38)11-14-32(28)45(36)49(47,48)27-12-9-21(10-13-27)37(41)42;1-22(44)23-9-11-24(12-10-23)26-5-3-6-27(19-26)36-35(34-28(21-41)7-4-8-32(34)42-2)31-20-29(38)15-18-33(31)43(36)47(45,46)30-16-13-25(14-17-30)37(39)40;1-22(44)24-15-18-29(31(38)20-24)25-7-5-8-26(19-25)36-35(34-27(21-41)9-6-11-32(34)42-2)30-10-3-4-12-33(30)43(36)47(45,46)28-16-13-23(14-17-28)37(39)40/h3-18,37H,1H3;2*3-20,37H,1H3. The second-order valence-corrected chi connectivity index (χ2v) is 37.6. The summed E-state index contributed by atoms with van der Waals surface area (Å²) in [5.74, 6) is -5.24.